The number of ether oxygens (including phenoxy) is 1. The van der Waals surface area contributed by atoms with E-state index in [4.69, 9.17) is 10.00 Å². The lowest BCUT2D eigenvalue weighted by molar-refractivity contribution is -0.137. The largest absolute Gasteiger partial charge is 0.497 e. The van der Waals surface area contributed by atoms with Gasteiger partial charge in [0.2, 0.25) is 0 Å². The molecular formula is C15H11F3N2O. The molecule has 0 amide bonds. The molecule has 21 heavy (non-hydrogen) atoms. The normalized spacial score (nSPS) is 10.8. The van der Waals surface area contributed by atoms with Crippen LogP contribution in [0.1, 0.15) is 11.1 Å². The Morgan fingerprint density at radius 3 is 2.29 bits per heavy atom. The lowest BCUT2D eigenvalue weighted by Crippen LogP contribution is -2.06. The highest BCUT2D eigenvalue weighted by molar-refractivity contribution is 5.67. The lowest BCUT2D eigenvalue weighted by Gasteiger charge is -2.12. The highest BCUT2D eigenvalue weighted by atomic mass is 19.4. The third-order valence-corrected chi connectivity index (χ3v) is 2.84. The van der Waals surface area contributed by atoms with Gasteiger partial charge in [-0.2, -0.15) is 18.4 Å². The van der Waals surface area contributed by atoms with Gasteiger partial charge < -0.3 is 10.1 Å². The highest BCUT2D eigenvalue weighted by Crippen LogP contribution is 2.32. The maximum absolute atomic E-state index is 12.6. The van der Waals surface area contributed by atoms with Crippen molar-refractivity contribution in [2.24, 2.45) is 0 Å². The number of alkyl halides is 3. The van der Waals surface area contributed by atoms with E-state index in [0.717, 1.165) is 12.1 Å². The van der Waals surface area contributed by atoms with E-state index in [2.05, 4.69) is 5.32 Å². The second-order valence-electron chi connectivity index (χ2n) is 4.22. The summed E-state index contributed by atoms with van der Waals surface area (Å²) < 4.78 is 42.8. The summed E-state index contributed by atoms with van der Waals surface area (Å²) in [6, 6.07) is 11.6. The molecule has 0 atom stereocenters. The van der Waals surface area contributed by atoms with E-state index in [1.165, 1.54) is 13.2 Å². The van der Waals surface area contributed by atoms with Crippen molar-refractivity contribution in [2.45, 2.75) is 6.18 Å². The minimum Gasteiger partial charge on any atom is -0.497 e. The summed E-state index contributed by atoms with van der Waals surface area (Å²) >= 11 is 0. The molecule has 0 aromatic heterocycles. The van der Waals surface area contributed by atoms with Crippen LogP contribution in [0.15, 0.2) is 42.5 Å². The summed E-state index contributed by atoms with van der Waals surface area (Å²) in [6.45, 7) is 0. The summed E-state index contributed by atoms with van der Waals surface area (Å²) in [6.07, 6.45) is -4.47. The number of anilines is 2. The van der Waals surface area contributed by atoms with Gasteiger partial charge in [-0.05, 0) is 42.5 Å². The first-order valence-corrected chi connectivity index (χ1v) is 5.96. The number of hydrogen-bond donors (Lipinski definition) is 1. The molecule has 0 aliphatic carbocycles. The number of hydrogen-bond acceptors (Lipinski definition) is 3. The summed E-state index contributed by atoms with van der Waals surface area (Å²) in [5.41, 5.74) is 0.0442. The Hall–Kier alpha value is -2.68. The van der Waals surface area contributed by atoms with Crippen LogP contribution in [0.3, 0.4) is 0 Å². The van der Waals surface area contributed by atoms with Crippen molar-refractivity contribution in [1.82, 2.24) is 0 Å². The SMILES string of the molecule is COc1ccc(Nc2ccc(C(F)(F)F)cc2C#N)cc1. The van der Waals surface area contributed by atoms with Crippen molar-refractivity contribution in [2.75, 3.05) is 12.4 Å². The molecular weight excluding hydrogens is 281 g/mol. The highest BCUT2D eigenvalue weighted by Gasteiger charge is 2.31. The van der Waals surface area contributed by atoms with E-state index in [1.54, 1.807) is 30.3 Å². The monoisotopic (exact) mass is 292 g/mol. The Morgan fingerprint density at radius 2 is 1.76 bits per heavy atom. The van der Waals surface area contributed by atoms with Crippen LogP contribution in [0, 0.1) is 11.3 Å². The third kappa shape index (κ3) is 3.45. The number of benzene rings is 2. The van der Waals surface area contributed by atoms with Crippen LogP contribution < -0.4 is 10.1 Å². The molecule has 2 rings (SSSR count). The van der Waals surface area contributed by atoms with Crippen LogP contribution in [-0.2, 0) is 6.18 Å². The van der Waals surface area contributed by atoms with Crippen LogP contribution >= 0.6 is 0 Å². The average molecular weight is 292 g/mol. The molecule has 2 aromatic rings. The van der Waals surface area contributed by atoms with Crippen molar-refractivity contribution in [3.63, 3.8) is 0 Å². The molecule has 6 heteroatoms. The molecule has 0 aliphatic rings. The molecule has 3 nitrogen and oxygen atoms in total. The summed E-state index contributed by atoms with van der Waals surface area (Å²) in [4.78, 5) is 0. The molecule has 1 N–H and O–H groups in total. The predicted octanol–water partition coefficient (Wildman–Crippen LogP) is 4.33. The van der Waals surface area contributed by atoms with Gasteiger partial charge in [-0.25, -0.2) is 0 Å². The fourth-order valence-corrected chi connectivity index (χ4v) is 1.75. The zero-order valence-electron chi connectivity index (χ0n) is 11.0. The van der Waals surface area contributed by atoms with Crippen LogP contribution in [0.2, 0.25) is 0 Å². The zero-order valence-corrected chi connectivity index (χ0v) is 11.0. The van der Waals surface area contributed by atoms with Crippen LogP contribution in [0.4, 0.5) is 24.5 Å². The quantitative estimate of drug-likeness (QED) is 0.915. The minimum absolute atomic E-state index is 0.0688. The minimum atomic E-state index is -4.47. The number of halogens is 3. The van der Waals surface area contributed by atoms with Crippen LogP contribution in [-0.4, -0.2) is 7.11 Å². The van der Waals surface area contributed by atoms with Gasteiger partial charge >= 0.3 is 6.18 Å². The molecule has 0 saturated carbocycles. The van der Waals surface area contributed by atoms with Crippen molar-refractivity contribution < 1.29 is 17.9 Å². The lowest BCUT2D eigenvalue weighted by atomic mass is 10.1. The fourth-order valence-electron chi connectivity index (χ4n) is 1.75. The predicted molar refractivity (Wildman–Crippen MR) is 72.4 cm³/mol. The number of nitriles is 1. The molecule has 0 unspecified atom stereocenters. The summed E-state index contributed by atoms with van der Waals surface area (Å²) in [5.74, 6) is 0.661. The zero-order chi connectivity index (χ0) is 15.5. The molecule has 0 saturated heterocycles. The first kappa shape index (κ1) is 14.7. The van der Waals surface area contributed by atoms with E-state index in [-0.39, 0.29) is 5.56 Å². The van der Waals surface area contributed by atoms with Gasteiger partial charge in [0.05, 0.1) is 23.9 Å². The Labute approximate surface area is 119 Å². The number of nitrogens with zero attached hydrogens (tertiary/aromatic N) is 1. The molecule has 0 spiro atoms. The van der Waals surface area contributed by atoms with Gasteiger partial charge in [0, 0.05) is 5.69 Å². The molecule has 0 bridgehead atoms. The van der Waals surface area contributed by atoms with E-state index in [0.29, 0.717) is 17.1 Å². The second kappa shape index (κ2) is 5.75. The Bertz CT molecular complexity index is 673. The van der Waals surface area contributed by atoms with E-state index >= 15 is 0 Å². The second-order valence-corrected chi connectivity index (χ2v) is 4.22. The van der Waals surface area contributed by atoms with Gasteiger partial charge in [0.1, 0.15) is 11.8 Å². The van der Waals surface area contributed by atoms with Crippen molar-refractivity contribution >= 4 is 11.4 Å². The molecule has 0 heterocycles. The smallest absolute Gasteiger partial charge is 0.416 e. The van der Waals surface area contributed by atoms with Crippen LogP contribution in [0.25, 0.3) is 0 Å². The van der Waals surface area contributed by atoms with Gasteiger partial charge in [-0.1, -0.05) is 0 Å². The van der Waals surface area contributed by atoms with Crippen molar-refractivity contribution in [1.29, 1.82) is 5.26 Å². The Balaban J connectivity index is 2.29. The first-order chi connectivity index (χ1) is 9.94. The van der Waals surface area contributed by atoms with E-state index < -0.39 is 11.7 Å². The number of nitrogens with one attached hydrogen (secondary N) is 1. The maximum Gasteiger partial charge on any atom is 0.416 e. The third-order valence-electron chi connectivity index (χ3n) is 2.84. The molecule has 0 radical (unpaired) electrons. The van der Waals surface area contributed by atoms with Gasteiger partial charge in [-0.15, -0.1) is 0 Å². The van der Waals surface area contributed by atoms with Gasteiger partial charge in [0.15, 0.2) is 0 Å². The summed E-state index contributed by atoms with van der Waals surface area (Å²) in [7, 11) is 1.53. The standard InChI is InChI=1S/C15H11F3N2O/c1-21-13-5-3-12(4-6-13)20-14-7-2-11(15(16,17)18)8-10(14)9-19/h2-8,20H,1H3. The fraction of sp³-hybridized carbons (Fsp3) is 0.133. The average Bonchev–Trinajstić information content (AvgIpc) is 2.47. The molecule has 0 fully saturated rings. The van der Waals surface area contributed by atoms with Crippen molar-refractivity contribution in [3.05, 3.63) is 53.6 Å². The van der Waals surface area contributed by atoms with E-state index in [9.17, 15) is 13.2 Å². The van der Waals surface area contributed by atoms with E-state index in [1.807, 2.05) is 0 Å². The number of rotatable bonds is 3. The molecule has 0 aliphatic heterocycles. The Kier molecular flexibility index (Phi) is 4.03. The maximum atomic E-state index is 12.6. The van der Waals surface area contributed by atoms with Crippen LogP contribution in [0.5, 0.6) is 5.75 Å². The van der Waals surface area contributed by atoms with Crippen molar-refractivity contribution in [3.8, 4) is 11.8 Å². The molecule has 108 valence electrons. The first-order valence-electron chi connectivity index (χ1n) is 5.96. The Morgan fingerprint density at radius 1 is 1.10 bits per heavy atom. The topological polar surface area (TPSA) is 45.0 Å². The molecule has 2 aromatic carbocycles. The van der Waals surface area contributed by atoms with Gasteiger partial charge in [0.25, 0.3) is 0 Å². The number of methoxy groups -OCH3 is 1. The van der Waals surface area contributed by atoms with Gasteiger partial charge in [-0.3, -0.25) is 0 Å². The summed E-state index contributed by atoms with van der Waals surface area (Å²) in [5, 5.41) is 11.9.